The van der Waals surface area contributed by atoms with Gasteiger partial charge in [-0.3, -0.25) is 14.5 Å². The number of hydrogen-bond donors (Lipinski definition) is 2. The first-order chi connectivity index (χ1) is 17.5. The van der Waals surface area contributed by atoms with Gasteiger partial charge in [-0.05, 0) is 43.0 Å². The molecule has 1 amide bonds. The van der Waals surface area contributed by atoms with Gasteiger partial charge in [0.15, 0.2) is 0 Å². The number of carboxylic acids is 1. The highest BCUT2D eigenvalue weighted by atomic mass is 16.5. The van der Waals surface area contributed by atoms with Crippen LogP contribution >= 0.6 is 0 Å². The van der Waals surface area contributed by atoms with Gasteiger partial charge >= 0.3 is 5.97 Å². The van der Waals surface area contributed by atoms with E-state index in [2.05, 4.69) is 22.9 Å². The lowest BCUT2D eigenvalue weighted by molar-refractivity contribution is -0.144. The highest BCUT2D eigenvalue weighted by molar-refractivity contribution is 5.79. The third kappa shape index (κ3) is 6.07. The second kappa shape index (κ2) is 12.4. The van der Waals surface area contributed by atoms with Crippen LogP contribution in [0.2, 0.25) is 0 Å². The van der Waals surface area contributed by atoms with Crippen LogP contribution in [0.15, 0.2) is 36.9 Å². The van der Waals surface area contributed by atoms with Gasteiger partial charge < -0.3 is 25.0 Å². The van der Waals surface area contributed by atoms with Crippen molar-refractivity contribution in [3.63, 3.8) is 0 Å². The average molecular weight is 498 g/mol. The fourth-order valence-corrected chi connectivity index (χ4v) is 5.59. The molecule has 196 valence electrons. The summed E-state index contributed by atoms with van der Waals surface area (Å²) in [5, 5.41) is 10.4. The lowest BCUT2D eigenvalue weighted by atomic mass is 9.83. The number of unbranched alkanes of at least 4 members (excludes halogenated alkanes) is 1. The van der Waals surface area contributed by atoms with E-state index in [9.17, 15) is 14.7 Å². The van der Waals surface area contributed by atoms with Gasteiger partial charge in [0.05, 0.1) is 25.4 Å². The first-order valence-corrected chi connectivity index (χ1v) is 13.2. The quantitative estimate of drug-likeness (QED) is 0.437. The number of carbonyl (C=O) groups excluding carboxylic acids is 1. The third-order valence-electron chi connectivity index (χ3n) is 7.52. The predicted octanol–water partition coefficient (Wildman–Crippen LogP) is 2.35. The first kappa shape index (κ1) is 26.2. The molecule has 1 fully saturated rings. The van der Waals surface area contributed by atoms with Crippen molar-refractivity contribution < 1.29 is 19.4 Å². The smallest absolute Gasteiger partial charge is 0.308 e. The Morgan fingerprint density at radius 3 is 2.83 bits per heavy atom. The SMILES string of the molecule is CCCCN(CCCN)C(=O)CN1C[C@H](c2ccc3c(c2)CCO3)[C@@H](C(=O)O)[C@@H]1CCn1ccnc1. The molecule has 0 radical (unpaired) electrons. The Balaban J connectivity index is 1.58. The van der Waals surface area contributed by atoms with Crippen molar-refractivity contribution in [3.8, 4) is 5.75 Å². The number of carbonyl (C=O) groups is 2. The molecule has 3 atom stereocenters. The zero-order valence-electron chi connectivity index (χ0n) is 21.2. The molecule has 3 N–H and O–H groups in total. The number of nitrogens with zero attached hydrogens (tertiary/aromatic N) is 4. The molecule has 9 heteroatoms. The fourth-order valence-electron chi connectivity index (χ4n) is 5.59. The molecule has 1 aromatic heterocycles. The van der Waals surface area contributed by atoms with Crippen LogP contribution in [0.3, 0.4) is 0 Å². The molecule has 1 aromatic carbocycles. The molecule has 0 saturated carbocycles. The van der Waals surface area contributed by atoms with E-state index >= 15 is 0 Å². The molecule has 1 saturated heterocycles. The number of imidazole rings is 1. The Morgan fingerprint density at radius 1 is 1.28 bits per heavy atom. The van der Waals surface area contributed by atoms with Crippen LogP contribution in [0.1, 0.15) is 49.7 Å². The van der Waals surface area contributed by atoms with Crippen molar-refractivity contribution in [1.82, 2.24) is 19.4 Å². The number of amides is 1. The summed E-state index contributed by atoms with van der Waals surface area (Å²) in [6.07, 6.45) is 9.54. The van der Waals surface area contributed by atoms with Crippen LogP contribution in [-0.4, -0.2) is 81.7 Å². The Kier molecular flexibility index (Phi) is 8.98. The molecule has 0 spiro atoms. The van der Waals surface area contributed by atoms with Gasteiger partial charge in [0, 0.05) is 57.0 Å². The number of benzene rings is 1. The summed E-state index contributed by atoms with van der Waals surface area (Å²) in [7, 11) is 0. The van der Waals surface area contributed by atoms with Crippen LogP contribution in [0.25, 0.3) is 0 Å². The molecular weight excluding hydrogens is 458 g/mol. The van der Waals surface area contributed by atoms with Crippen molar-refractivity contribution >= 4 is 11.9 Å². The van der Waals surface area contributed by atoms with Gasteiger partial charge in [-0.15, -0.1) is 0 Å². The van der Waals surface area contributed by atoms with Crippen molar-refractivity contribution in [2.24, 2.45) is 11.7 Å². The Bertz CT molecular complexity index is 1000. The predicted molar refractivity (Wildman–Crippen MR) is 137 cm³/mol. The lowest BCUT2D eigenvalue weighted by Gasteiger charge is -2.30. The molecule has 3 heterocycles. The monoisotopic (exact) mass is 497 g/mol. The summed E-state index contributed by atoms with van der Waals surface area (Å²) >= 11 is 0. The lowest BCUT2D eigenvalue weighted by Crippen LogP contribution is -2.45. The van der Waals surface area contributed by atoms with Gasteiger partial charge in [-0.25, -0.2) is 4.98 Å². The van der Waals surface area contributed by atoms with Gasteiger partial charge in [0.2, 0.25) is 5.91 Å². The van der Waals surface area contributed by atoms with E-state index in [0.29, 0.717) is 45.8 Å². The van der Waals surface area contributed by atoms with E-state index in [-0.39, 0.29) is 24.4 Å². The summed E-state index contributed by atoms with van der Waals surface area (Å²) < 4.78 is 7.63. The largest absolute Gasteiger partial charge is 0.493 e. The van der Waals surface area contributed by atoms with Crippen LogP contribution in [0.4, 0.5) is 0 Å². The number of aryl methyl sites for hydroxylation is 1. The third-order valence-corrected chi connectivity index (χ3v) is 7.52. The Hall–Kier alpha value is -2.91. The summed E-state index contributed by atoms with van der Waals surface area (Å²) in [4.78, 5) is 34.2. The number of rotatable bonds is 13. The topological polar surface area (TPSA) is 114 Å². The standard InChI is InChI=1S/C27H39N5O4/c1-2-3-11-31(12-4-9-28)25(33)18-32-17-22(20-5-6-24-21(16-20)8-15-36-24)26(27(34)35)23(32)7-13-30-14-10-29-19-30/h5-6,10,14,16,19,22-23,26H,2-4,7-9,11-13,15,17-18,28H2,1H3,(H,34,35)/t22-,23+,26-/m1/s1. The number of aliphatic carboxylic acids is 1. The second-order valence-corrected chi connectivity index (χ2v) is 9.90. The number of nitrogens with two attached hydrogens (primary N) is 1. The summed E-state index contributed by atoms with van der Waals surface area (Å²) in [5.41, 5.74) is 7.87. The first-order valence-electron chi connectivity index (χ1n) is 13.2. The summed E-state index contributed by atoms with van der Waals surface area (Å²) in [6.45, 7) is 6.07. The number of fused-ring (bicyclic) bond motifs is 1. The molecule has 0 bridgehead atoms. The fraction of sp³-hybridized carbons (Fsp3) is 0.593. The molecule has 4 rings (SSSR count). The van der Waals surface area contributed by atoms with E-state index in [4.69, 9.17) is 10.5 Å². The molecular formula is C27H39N5O4. The molecule has 2 aliphatic heterocycles. The highest BCUT2D eigenvalue weighted by Gasteiger charge is 2.47. The minimum absolute atomic E-state index is 0.0525. The van der Waals surface area contributed by atoms with Crippen molar-refractivity contribution in [1.29, 1.82) is 0 Å². The van der Waals surface area contributed by atoms with Crippen LogP contribution in [0, 0.1) is 5.92 Å². The van der Waals surface area contributed by atoms with Crippen molar-refractivity contribution in [2.75, 3.05) is 39.3 Å². The molecule has 0 unspecified atom stereocenters. The number of carboxylic acid groups (broad SMARTS) is 1. The maximum Gasteiger partial charge on any atom is 0.308 e. The number of aromatic nitrogens is 2. The normalized spacial score (nSPS) is 21.3. The van der Waals surface area contributed by atoms with Gasteiger partial charge in [0.1, 0.15) is 5.75 Å². The minimum Gasteiger partial charge on any atom is -0.493 e. The van der Waals surface area contributed by atoms with Crippen LogP contribution in [0.5, 0.6) is 5.75 Å². The highest BCUT2D eigenvalue weighted by Crippen LogP contribution is 2.41. The number of ether oxygens (including phenoxy) is 1. The van der Waals surface area contributed by atoms with E-state index in [1.807, 2.05) is 27.8 Å². The number of hydrogen-bond acceptors (Lipinski definition) is 6. The minimum atomic E-state index is -0.812. The summed E-state index contributed by atoms with van der Waals surface area (Å²) in [5.74, 6) is -0.666. The van der Waals surface area contributed by atoms with Crippen molar-refractivity contribution in [3.05, 3.63) is 48.0 Å². The zero-order valence-corrected chi connectivity index (χ0v) is 21.2. The summed E-state index contributed by atoms with van der Waals surface area (Å²) in [6, 6.07) is 5.81. The molecule has 36 heavy (non-hydrogen) atoms. The van der Waals surface area contributed by atoms with Gasteiger partial charge in [-0.2, -0.15) is 0 Å². The molecule has 9 nitrogen and oxygen atoms in total. The van der Waals surface area contributed by atoms with Crippen LogP contribution < -0.4 is 10.5 Å². The van der Waals surface area contributed by atoms with E-state index < -0.39 is 11.9 Å². The van der Waals surface area contributed by atoms with Gasteiger partial charge in [-0.1, -0.05) is 25.5 Å². The second-order valence-electron chi connectivity index (χ2n) is 9.90. The molecule has 0 aliphatic carbocycles. The average Bonchev–Trinajstić information content (AvgIpc) is 3.62. The van der Waals surface area contributed by atoms with Gasteiger partial charge in [0.25, 0.3) is 0 Å². The Labute approximate surface area is 213 Å². The van der Waals surface area contributed by atoms with E-state index in [1.54, 1.807) is 12.5 Å². The van der Waals surface area contributed by atoms with Crippen LogP contribution in [-0.2, 0) is 22.6 Å². The maximum absolute atomic E-state index is 13.4. The molecule has 2 aliphatic rings. The van der Waals surface area contributed by atoms with E-state index in [1.165, 1.54) is 0 Å². The Morgan fingerprint density at radius 2 is 2.11 bits per heavy atom. The zero-order chi connectivity index (χ0) is 25.5. The molecule has 2 aromatic rings. The van der Waals surface area contributed by atoms with Crippen molar-refractivity contribution in [2.45, 2.75) is 57.5 Å². The number of likely N-dealkylation sites (tertiary alicyclic amines) is 1. The maximum atomic E-state index is 13.4. The van der Waals surface area contributed by atoms with E-state index in [0.717, 1.165) is 42.6 Å².